The highest BCUT2D eigenvalue weighted by atomic mass is 32.1. The van der Waals surface area contributed by atoms with Crippen LogP contribution < -0.4 is 11.3 Å². The zero-order valence-electron chi connectivity index (χ0n) is 16.2. The van der Waals surface area contributed by atoms with Crippen LogP contribution in [0.4, 0.5) is 0 Å². The highest BCUT2D eigenvalue weighted by molar-refractivity contribution is 7.17. The number of pyridine rings is 1. The van der Waals surface area contributed by atoms with E-state index < -0.39 is 0 Å². The number of rotatable bonds is 4. The van der Waals surface area contributed by atoms with Crippen LogP contribution in [0.25, 0.3) is 32.1 Å². The van der Waals surface area contributed by atoms with Gasteiger partial charge in [0.25, 0.3) is 5.56 Å². The van der Waals surface area contributed by atoms with Crippen molar-refractivity contribution in [3.63, 3.8) is 0 Å². The van der Waals surface area contributed by atoms with Crippen molar-refractivity contribution < 1.29 is 5.11 Å². The Labute approximate surface area is 167 Å². The van der Waals surface area contributed by atoms with Crippen molar-refractivity contribution in [3.8, 4) is 16.9 Å². The molecule has 5 heteroatoms. The monoisotopic (exact) mass is 392 g/mol. The standard InChI is InChI=1S/C23H24N2O2S/c1-12-10-18(26)19(16-6-4-15(5-7-16)14(3)13(2)11-24)20-17-8-9-28-22(17)23(27)25-21(12)20/h4-10,13-14,26H,11,24H2,1-3H3,(H,25,27). The number of fused-ring (bicyclic) bond motifs is 3. The Hall–Kier alpha value is -2.63. The number of hydrogen-bond acceptors (Lipinski definition) is 4. The van der Waals surface area contributed by atoms with Crippen molar-refractivity contribution in [1.82, 2.24) is 4.98 Å². The van der Waals surface area contributed by atoms with E-state index in [-0.39, 0.29) is 11.3 Å². The summed E-state index contributed by atoms with van der Waals surface area (Å²) in [6.07, 6.45) is 0. The summed E-state index contributed by atoms with van der Waals surface area (Å²) in [6, 6.07) is 12.0. The molecule has 0 radical (unpaired) electrons. The topological polar surface area (TPSA) is 79.1 Å². The number of nitrogens with two attached hydrogens (primary N) is 1. The summed E-state index contributed by atoms with van der Waals surface area (Å²) in [5, 5.41) is 14.5. The summed E-state index contributed by atoms with van der Waals surface area (Å²) in [4.78, 5) is 15.4. The second-order valence-electron chi connectivity index (χ2n) is 7.58. The lowest BCUT2D eigenvalue weighted by Gasteiger charge is -2.19. The molecule has 2 aromatic carbocycles. The molecule has 0 aliphatic carbocycles. The molecule has 4 N–H and O–H groups in total. The number of benzene rings is 2. The third kappa shape index (κ3) is 2.91. The summed E-state index contributed by atoms with van der Waals surface area (Å²) in [5.41, 5.74) is 10.3. The Bertz CT molecular complexity index is 1220. The zero-order chi connectivity index (χ0) is 20.0. The van der Waals surface area contributed by atoms with Crippen molar-refractivity contribution in [1.29, 1.82) is 0 Å². The number of H-pyrrole nitrogens is 1. The van der Waals surface area contributed by atoms with Gasteiger partial charge in [0.05, 0.1) is 5.52 Å². The van der Waals surface area contributed by atoms with E-state index in [9.17, 15) is 9.90 Å². The number of phenols is 1. The quantitative estimate of drug-likeness (QED) is 0.451. The molecule has 0 aliphatic rings. The maximum Gasteiger partial charge on any atom is 0.266 e. The lowest BCUT2D eigenvalue weighted by molar-refractivity contribution is 0.477. The van der Waals surface area contributed by atoms with Crippen LogP contribution in [0.5, 0.6) is 5.75 Å². The fraction of sp³-hybridized carbons (Fsp3) is 0.261. The average molecular weight is 393 g/mol. The first-order chi connectivity index (χ1) is 13.4. The number of nitrogens with one attached hydrogen (secondary N) is 1. The predicted molar refractivity (Wildman–Crippen MR) is 118 cm³/mol. The van der Waals surface area contributed by atoms with Crippen LogP contribution in [0.1, 0.15) is 30.9 Å². The Morgan fingerprint density at radius 1 is 1.18 bits per heavy atom. The molecule has 28 heavy (non-hydrogen) atoms. The van der Waals surface area contributed by atoms with Gasteiger partial charge in [0.2, 0.25) is 0 Å². The van der Waals surface area contributed by atoms with E-state index in [0.717, 1.165) is 33.0 Å². The minimum absolute atomic E-state index is 0.0859. The van der Waals surface area contributed by atoms with Crippen LogP contribution in [0, 0.1) is 12.8 Å². The Morgan fingerprint density at radius 3 is 2.57 bits per heavy atom. The molecular formula is C23H24N2O2S. The van der Waals surface area contributed by atoms with Crippen LogP contribution in [-0.2, 0) is 0 Å². The van der Waals surface area contributed by atoms with Crippen LogP contribution in [0.3, 0.4) is 0 Å². The van der Waals surface area contributed by atoms with E-state index >= 15 is 0 Å². The number of aryl methyl sites for hydroxylation is 1. The number of thiophene rings is 1. The number of hydrogen-bond donors (Lipinski definition) is 3. The molecule has 2 aromatic heterocycles. The Balaban J connectivity index is 1.96. The SMILES string of the molecule is Cc1cc(O)c(-c2ccc(C(C)C(C)CN)cc2)c2c1[nH]c(=O)c1sccc12. The molecule has 4 aromatic rings. The number of phenolic OH excluding ortho intramolecular Hbond substituents is 1. The minimum atomic E-state index is -0.0859. The van der Waals surface area contributed by atoms with Crippen LogP contribution in [0.15, 0.2) is 46.6 Å². The minimum Gasteiger partial charge on any atom is -0.507 e. The van der Waals surface area contributed by atoms with Crippen LogP contribution >= 0.6 is 11.3 Å². The number of aromatic hydroxyl groups is 1. The van der Waals surface area contributed by atoms with Gasteiger partial charge in [-0.25, -0.2) is 0 Å². The van der Waals surface area contributed by atoms with E-state index in [0.29, 0.717) is 23.1 Å². The third-order valence-corrected chi connectivity index (χ3v) is 6.75. The lowest BCUT2D eigenvalue weighted by atomic mass is 9.87. The highest BCUT2D eigenvalue weighted by Gasteiger charge is 2.18. The largest absolute Gasteiger partial charge is 0.507 e. The fourth-order valence-corrected chi connectivity index (χ4v) is 4.66. The molecule has 0 amide bonds. The van der Waals surface area contributed by atoms with E-state index in [4.69, 9.17) is 5.73 Å². The summed E-state index contributed by atoms with van der Waals surface area (Å²) in [7, 11) is 0. The van der Waals surface area contributed by atoms with Gasteiger partial charge < -0.3 is 15.8 Å². The Morgan fingerprint density at radius 2 is 1.89 bits per heavy atom. The normalized spacial score (nSPS) is 13.9. The van der Waals surface area contributed by atoms with Gasteiger partial charge in [0.15, 0.2) is 0 Å². The molecule has 4 nitrogen and oxygen atoms in total. The van der Waals surface area contributed by atoms with Crippen molar-refractivity contribution >= 4 is 32.3 Å². The van der Waals surface area contributed by atoms with E-state index in [1.165, 1.54) is 16.9 Å². The zero-order valence-corrected chi connectivity index (χ0v) is 17.1. The van der Waals surface area contributed by atoms with Crippen molar-refractivity contribution in [2.24, 2.45) is 11.7 Å². The second kappa shape index (κ2) is 7.08. The molecule has 2 atom stereocenters. The van der Waals surface area contributed by atoms with E-state index in [1.807, 2.05) is 30.5 Å². The maximum absolute atomic E-state index is 12.4. The second-order valence-corrected chi connectivity index (χ2v) is 8.49. The molecule has 0 aliphatic heterocycles. The van der Waals surface area contributed by atoms with Crippen molar-refractivity contribution in [2.75, 3.05) is 6.54 Å². The summed E-state index contributed by atoms with van der Waals surface area (Å²) >= 11 is 1.42. The molecular weight excluding hydrogens is 368 g/mol. The summed E-state index contributed by atoms with van der Waals surface area (Å²) in [6.45, 7) is 6.89. The van der Waals surface area contributed by atoms with Gasteiger partial charge in [-0.05, 0) is 59.5 Å². The van der Waals surface area contributed by atoms with Gasteiger partial charge in [-0.2, -0.15) is 0 Å². The first-order valence-corrected chi connectivity index (χ1v) is 10.4. The average Bonchev–Trinajstić information content (AvgIpc) is 3.19. The molecule has 144 valence electrons. The third-order valence-electron chi connectivity index (χ3n) is 5.83. The number of aromatic amines is 1. The van der Waals surface area contributed by atoms with Crippen LogP contribution in [-0.4, -0.2) is 16.6 Å². The predicted octanol–water partition coefficient (Wildman–Crippen LogP) is 5.12. The van der Waals surface area contributed by atoms with Crippen molar-refractivity contribution in [2.45, 2.75) is 26.7 Å². The van der Waals surface area contributed by atoms with Gasteiger partial charge in [-0.1, -0.05) is 38.1 Å². The number of aromatic nitrogens is 1. The molecule has 0 saturated heterocycles. The first-order valence-electron chi connectivity index (χ1n) is 9.48. The molecule has 0 saturated carbocycles. The van der Waals surface area contributed by atoms with Gasteiger partial charge in [-0.15, -0.1) is 11.3 Å². The molecule has 0 bridgehead atoms. The summed E-state index contributed by atoms with van der Waals surface area (Å²) in [5.74, 6) is 0.984. The summed E-state index contributed by atoms with van der Waals surface area (Å²) < 4.78 is 0.681. The highest BCUT2D eigenvalue weighted by Crippen LogP contribution is 2.41. The Kier molecular flexibility index (Phi) is 4.73. The fourth-order valence-electron chi connectivity index (χ4n) is 3.86. The molecule has 2 heterocycles. The molecule has 4 rings (SSSR count). The van der Waals surface area contributed by atoms with Gasteiger partial charge >= 0.3 is 0 Å². The molecule has 0 spiro atoms. The van der Waals surface area contributed by atoms with Gasteiger partial charge in [-0.3, -0.25) is 4.79 Å². The van der Waals surface area contributed by atoms with Crippen LogP contribution in [0.2, 0.25) is 0 Å². The van der Waals surface area contributed by atoms with Gasteiger partial charge in [0.1, 0.15) is 10.4 Å². The first kappa shape index (κ1) is 18.7. The van der Waals surface area contributed by atoms with Gasteiger partial charge in [0, 0.05) is 16.3 Å². The van der Waals surface area contributed by atoms with E-state index in [2.05, 4.69) is 31.0 Å². The maximum atomic E-state index is 12.4. The lowest BCUT2D eigenvalue weighted by Crippen LogP contribution is -2.16. The van der Waals surface area contributed by atoms with E-state index in [1.54, 1.807) is 6.07 Å². The molecule has 0 fully saturated rings. The smallest absolute Gasteiger partial charge is 0.266 e. The van der Waals surface area contributed by atoms with Crippen molar-refractivity contribution in [3.05, 3.63) is 63.3 Å². The molecule has 2 unspecified atom stereocenters.